The third-order valence-electron chi connectivity index (χ3n) is 7.94. The fraction of sp³-hybridized carbons (Fsp3) is 0.333. The minimum Gasteiger partial charge on any atom is -0.472 e. The Labute approximate surface area is 281 Å². The number of carbonyl (C=O) groups excluding carboxylic acids is 2. The number of nitrogens with one attached hydrogen (secondary N) is 1. The molecule has 2 aromatic heterocycles. The Morgan fingerprint density at radius 3 is 2.41 bits per heavy atom. The van der Waals surface area contributed by atoms with Crippen molar-refractivity contribution in [3.8, 4) is 11.6 Å². The zero-order valence-corrected chi connectivity index (χ0v) is 27.3. The fourth-order valence-corrected chi connectivity index (χ4v) is 6.36. The summed E-state index contributed by atoms with van der Waals surface area (Å²) in [4.78, 5) is 31.0. The molecule has 3 N–H and O–H groups in total. The van der Waals surface area contributed by atoms with Crippen LogP contribution in [0.2, 0.25) is 0 Å². The van der Waals surface area contributed by atoms with Crippen molar-refractivity contribution < 1.29 is 41.0 Å². The van der Waals surface area contributed by atoms with Gasteiger partial charge in [0.25, 0.3) is 5.91 Å². The quantitative estimate of drug-likeness (QED) is 0.187. The summed E-state index contributed by atoms with van der Waals surface area (Å²) in [5.41, 5.74) is 7.57. The highest BCUT2D eigenvalue weighted by Gasteiger charge is 2.35. The van der Waals surface area contributed by atoms with E-state index >= 15 is 0 Å². The number of nitrogens with two attached hydrogens (primary N) is 1. The summed E-state index contributed by atoms with van der Waals surface area (Å²) in [6.45, 7) is -1.47. The zero-order valence-electron chi connectivity index (χ0n) is 26.5. The predicted octanol–water partition coefficient (Wildman–Crippen LogP) is 3.76. The van der Waals surface area contributed by atoms with Crippen LogP contribution in [0.25, 0.3) is 5.69 Å². The molecule has 2 amide bonds. The lowest BCUT2D eigenvalue weighted by molar-refractivity contribution is -0.131. The van der Waals surface area contributed by atoms with Crippen molar-refractivity contribution >= 4 is 27.5 Å². The molecule has 0 unspecified atom stereocenters. The Hall–Kier alpha value is -5.09. The highest BCUT2D eigenvalue weighted by atomic mass is 32.2. The molecular formula is C33H36F2N6O7S. The molecule has 1 aliphatic rings. The smallest absolute Gasteiger partial charge is 0.404 e. The van der Waals surface area contributed by atoms with E-state index in [1.54, 1.807) is 78.7 Å². The normalized spacial score (nSPS) is 16.8. The second kappa shape index (κ2) is 15.9. The van der Waals surface area contributed by atoms with Crippen molar-refractivity contribution in [1.29, 1.82) is 0 Å². The average molecular weight is 699 g/mol. The first-order valence-electron chi connectivity index (χ1n) is 15.4. The Morgan fingerprint density at radius 1 is 1.06 bits per heavy atom. The number of pyridine rings is 1. The summed E-state index contributed by atoms with van der Waals surface area (Å²) in [5, 5.41) is 7.00. The highest BCUT2D eigenvalue weighted by Crippen LogP contribution is 2.29. The molecule has 0 bridgehead atoms. The van der Waals surface area contributed by atoms with Crippen LogP contribution in [0.15, 0.2) is 90.2 Å². The number of nitrogens with zero attached hydrogens (tertiary/aromatic N) is 4. The lowest BCUT2D eigenvalue weighted by Crippen LogP contribution is -2.41. The number of aromatic nitrogens is 3. The number of ether oxygens (including phenoxy) is 3. The molecule has 0 radical (unpaired) electrons. The van der Waals surface area contributed by atoms with E-state index in [1.165, 1.54) is 12.1 Å². The van der Waals surface area contributed by atoms with Crippen LogP contribution < -0.4 is 20.7 Å². The maximum Gasteiger partial charge on any atom is 0.404 e. The van der Waals surface area contributed by atoms with E-state index in [1.807, 2.05) is 11.0 Å². The van der Waals surface area contributed by atoms with Gasteiger partial charge < -0.3 is 30.2 Å². The average Bonchev–Trinajstić information content (AvgIpc) is 3.78. The molecule has 0 saturated carbocycles. The fourth-order valence-electron chi connectivity index (χ4n) is 5.48. The molecule has 49 heavy (non-hydrogen) atoms. The summed E-state index contributed by atoms with van der Waals surface area (Å²) in [6.07, 6.45) is 4.31. The van der Waals surface area contributed by atoms with Gasteiger partial charge in [-0.1, -0.05) is 19.1 Å². The van der Waals surface area contributed by atoms with Gasteiger partial charge in [-0.15, -0.1) is 0 Å². The first-order chi connectivity index (χ1) is 23.5. The number of hydrogen-bond donors (Lipinski definition) is 2. The molecule has 3 atom stereocenters. The standard InChI is InChI=1S/C33H36F2N6O7S/c1-2-49(44,45)29-11-4-22(5-12-29)16-24(20-47-33(36)43)39-31(42)23-6-8-25(9-7-23)40-19-28(17-27(40)21-46-32(34)35)48-30-13-10-26(18-37-30)41-15-3-14-38-41/h3-15,18,24,27-28,32H,2,16-17,19-21H2,1H3,(H2,36,43)(H,39,42)/t24-,27+,28+/m1/s1. The zero-order chi connectivity index (χ0) is 35.0. The molecule has 2 aromatic carbocycles. The number of halogens is 2. The molecule has 1 aliphatic heterocycles. The van der Waals surface area contributed by atoms with Crippen molar-refractivity contribution in [2.45, 2.75) is 49.5 Å². The van der Waals surface area contributed by atoms with Crippen LogP contribution in [0.4, 0.5) is 19.3 Å². The van der Waals surface area contributed by atoms with E-state index in [0.29, 0.717) is 35.7 Å². The van der Waals surface area contributed by atoms with Gasteiger partial charge in [-0.05, 0) is 60.5 Å². The molecule has 260 valence electrons. The molecule has 1 fully saturated rings. The van der Waals surface area contributed by atoms with E-state index in [0.717, 1.165) is 5.69 Å². The number of carbonyl (C=O) groups is 2. The minimum absolute atomic E-state index is 0.0354. The third kappa shape index (κ3) is 9.51. The van der Waals surface area contributed by atoms with E-state index in [4.69, 9.17) is 15.2 Å². The first-order valence-corrected chi connectivity index (χ1v) is 17.1. The van der Waals surface area contributed by atoms with E-state index in [9.17, 15) is 26.8 Å². The molecule has 3 heterocycles. The Morgan fingerprint density at radius 2 is 1.80 bits per heavy atom. The Bertz CT molecular complexity index is 1790. The molecule has 16 heteroatoms. The summed E-state index contributed by atoms with van der Waals surface area (Å²) < 4.78 is 67.7. The SMILES string of the molecule is CCS(=O)(=O)c1ccc(C[C@H](COC(N)=O)NC(=O)c2ccc(N3C[C@@H](Oc4ccc(-n5cccn5)cn4)C[C@H]3COC(F)F)cc2)cc1. The predicted molar refractivity (Wildman–Crippen MR) is 175 cm³/mol. The maximum absolute atomic E-state index is 13.2. The van der Waals surface area contributed by atoms with Crippen molar-refractivity contribution in [1.82, 2.24) is 20.1 Å². The van der Waals surface area contributed by atoms with Crippen LogP contribution >= 0.6 is 0 Å². The second-order valence-corrected chi connectivity index (χ2v) is 13.6. The number of sulfone groups is 1. The van der Waals surface area contributed by atoms with Crippen LogP contribution in [0.1, 0.15) is 29.3 Å². The Kier molecular flexibility index (Phi) is 11.4. The van der Waals surface area contributed by atoms with Gasteiger partial charge in [-0.2, -0.15) is 13.9 Å². The van der Waals surface area contributed by atoms with Crippen LogP contribution in [-0.2, 0) is 25.7 Å². The third-order valence-corrected chi connectivity index (χ3v) is 9.69. The summed E-state index contributed by atoms with van der Waals surface area (Å²) in [5.74, 6) is -0.119. The van der Waals surface area contributed by atoms with E-state index in [2.05, 4.69) is 20.1 Å². The van der Waals surface area contributed by atoms with E-state index < -0.39 is 40.5 Å². The minimum atomic E-state index is -3.38. The van der Waals surface area contributed by atoms with Gasteiger partial charge in [0.15, 0.2) is 9.84 Å². The van der Waals surface area contributed by atoms with Crippen molar-refractivity contribution in [3.63, 3.8) is 0 Å². The van der Waals surface area contributed by atoms with E-state index in [-0.39, 0.29) is 36.4 Å². The van der Waals surface area contributed by atoms with Gasteiger partial charge in [0, 0.05) is 36.1 Å². The molecule has 1 saturated heterocycles. The monoisotopic (exact) mass is 698 g/mol. The molecule has 5 rings (SSSR count). The molecule has 13 nitrogen and oxygen atoms in total. The molecule has 0 spiro atoms. The lowest BCUT2D eigenvalue weighted by atomic mass is 10.1. The van der Waals surface area contributed by atoms with Gasteiger partial charge in [0.05, 0.1) is 47.8 Å². The van der Waals surface area contributed by atoms with Gasteiger partial charge in [-0.3, -0.25) is 4.79 Å². The molecule has 4 aromatic rings. The van der Waals surface area contributed by atoms with Crippen LogP contribution in [0, 0.1) is 0 Å². The number of rotatable bonds is 15. The number of amides is 2. The highest BCUT2D eigenvalue weighted by molar-refractivity contribution is 7.91. The van der Waals surface area contributed by atoms with Gasteiger partial charge in [0.2, 0.25) is 5.88 Å². The van der Waals surface area contributed by atoms with Gasteiger partial charge >= 0.3 is 12.7 Å². The van der Waals surface area contributed by atoms with Gasteiger partial charge in [0.1, 0.15) is 12.7 Å². The molecular weight excluding hydrogens is 662 g/mol. The topological polar surface area (TPSA) is 168 Å². The van der Waals surface area contributed by atoms with Crippen LogP contribution in [0.3, 0.4) is 0 Å². The maximum atomic E-state index is 13.2. The lowest BCUT2D eigenvalue weighted by Gasteiger charge is -2.26. The van der Waals surface area contributed by atoms with Crippen molar-refractivity contribution in [2.75, 3.05) is 30.4 Å². The second-order valence-electron chi connectivity index (χ2n) is 11.3. The first kappa shape index (κ1) is 35.2. The Balaban J connectivity index is 1.24. The van der Waals surface area contributed by atoms with Crippen molar-refractivity contribution in [3.05, 3.63) is 96.4 Å². The summed E-state index contributed by atoms with van der Waals surface area (Å²) >= 11 is 0. The number of hydrogen-bond acceptors (Lipinski definition) is 10. The number of alkyl halides is 2. The number of primary amides is 1. The number of anilines is 1. The van der Waals surface area contributed by atoms with Crippen LogP contribution in [-0.4, -0.2) is 85.5 Å². The van der Waals surface area contributed by atoms with Crippen molar-refractivity contribution in [2.24, 2.45) is 5.73 Å². The largest absolute Gasteiger partial charge is 0.472 e. The molecule has 0 aliphatic carbocycles. The summed E-state index contributed by atoms with van der Waals surface area (Å²) in [6, 6.07) is 17.0. The van der Waals surface area contributed by atoms with Gasteiger partial charge in [-0.25, -0.2) is 22.9 Å². The number of benzene rings is 2. The van der Waals surface area contributed by atoms with Crippen LogP contribution in [0.5, 0.6) is 5.88 Å². The summed E-state index contributed by atoms with van der Waals surface area (Å²) in [7, 11) is -3.38.